The van der Waals surface area contributed by atoms with Crippen LogP contribution in [0.3, 0.4) is 0 Å². The number of rotatable bonds is 6. The summed E-state index contributed by atoms with van der Waals surface area (Å²) in [6.07, 6.45) is 1.69. The van der Waals surface area contributed by atoms with Gasteiger partial charge in [0, 0.05) is 54.5 Å². The molecule has 0 radical (unpaired) electrons. The maximum absolute atomic E-state index is 12.3. The van der Waals surface area contributed by atoms with Crippen LogP contribution in [-0.4, -0.2) is 57.8 Å². The first-order valence-corrected chi connectivity index (χ1v) is 10.4. The molecule has 1 saturated heterocycles. The Bertz CT molecular complexity index is 1130. The van der Waals surface area contributed by atoms with E-state index in [1.54, 1.807) is 10.8 Å². The van der Waals surface area contributed by atoms with Gasteiger partial charge in [0.15, 0.2) is 0 Å². The summed E-state index contributed by atoms with van der Waals surface area (Å²) in [4.78, 5) is 27.9. The van der Waals surface area contributed by atoms with Crippen molar-refractivity contribution in [3.8, 4) is 0 Å². The zero-order chi connectivity index (χ0) is 22.1. The quantitative estimate of drug-likeness (QED) is 0.635. The van der Waals surface area contributed by atoms with E-state index < -0.39 is 18.0 Å². The van der Waals surface area contributed by atoms with Crippen molar-refractivity contribution in [1.82, 2.24) is 9.47 Å². The molecule has 1 atom stereocenters. The highest BCUT2D eigenvalue weighted by atomic mass is 16.4. The third-order valence-electron chi connectivity index (χ3n) is 6.03. The minimum absolute atomic E-state index is 0.201. The Morgan fingerprint density at radius 3 is 2.35 bits per heavy atom. The van der Waals surface area contributed by atoms with Crippen molar-refractivity contribution >= 4 is 28.5 Å². The molecule has 4 rings (SSSR count). The molecular formula is C24H27N3O4. The van der Waals surface area contributed by atoms with Gasteiger partial charge in [0.25, 0.3) is 0 Å². The lowest BCUT2D eigenvalue weighted by atomic mass is 10.0. The van der Waals surface area contributed by atoms with E-state index >= 15 is 0 Å². The van der Waals surface area contributed by atoms with Gasteiger partial charge in [0.2, 0.25) is 0 Å². The van der Waals surface area contributed by atoms with E-state index in [-0.39, 0.29) is 6.54 Å². The number of carbonyl (C=O) groups is 2. The lowest BCUT2D eigenvalue weighted by molar-refractivity contribution is -0.143. The van der Waals surface area contributed by atoms with Crippen molar-refractivity contribution in [3.05, 3.63) is 65.4 Å². The highest BCUT2D eigenvalue weighted by molar-refractivity contribution is 5.90. The van der Waals surface area contributed by atoms with Crippen LogP contribution in [0.1, 0.15) is 22.7 Å². The molecule has 31 heavy (non-hydrogen) atoms. The number of piperazine rings is 1. The molecule has 7 nitrogen and oxygen atoms in total. The van der Waals surface area contributed by atoms with Crippen LogP contribution in [0.2, 0.25) is 0 Å². The summed E-state index contributed by atoms with van der Waals surface area (Å²) in [5.74, 6) is -1.88. The standard InChI is InChI=1S/C24H27N3O4/c1-16-7-8-20(17(2)13-16)25-9-11-26(12-10-25)23(24(30)31)19-14-27(15-22(28)29)21-6-4-3-5-18(19)21/h3-8,13-14,23H,9-12,15H2,1-2H3,(H,28,29)(H,30,31)/t23-/m0/s1. The Labute approximate surface area is 181 Å². The summed E-state index contributed by atoms with van der Waals surface area (Å²) in [6, 6.07) is 13.0. The molecule has 0 saturated carbocycles. The number of hydrogen-bond donors (Lipinski definition) is 2. The Morgan fingerprint density at radius 2 is 1.71 bits per heavy atom. The Hall–Kier alpha value is -3.32. The van der Waals surface area contributed by atoms with Crippen LogP contribution >= 0.6 is 0 Å². The van der Waals surface area contributed by atoms with E-state index in [1.807, 2.05) is 29.2 Å². The number of aryl methyl sites for hydroxylation is 2. The zero-order valence-electron chi connectivity index (χ0n) is 17.8. The fraction of sp³-hybridized carbons (Fsp3) is 0.333. The second-order valence-electron chi connectivity index (χ2n) is 8.18. The van der Waals surface area contributed by atoms with E-state index in [0.29, 0.717) is 18.7 Å². The number of nitrogens with zero attached hydrogens (tertiary/aromatic N) is 3. The van der Waals surface area contributed by atoms with Crippen molar-refractivity contribution in [2.75, 3.05) is 31.1 Å². The highest BCUT2D eigenvalue weighted by Gasteiger charge is 2.33. The number of para-hydroxylation sites is 1. The number of carboxylic acid groups (broad SMARTS) is 2. The summed E-state index contributed by atoms with van der Waals surface area (Å²) < 4.78 is 1.62. The second kappa shape index (κ2) is 8.43. The number of benzene rings is 2. The first-order chi connectivity index (χ1) is 14.8. The molecule has 1 aliphatic rings. The van der Waals surface area contributed by atoms with Gasteiger partial charge >= 0.3 is 11.9 Å². The third-order valence-corrected chi connectivity index (χ3v) is 6.03. The van der Waals surface area contributed by atoms with E-state index in [9.17, 15) is 19.8 Å². The predicted molar refractivity (Wildman–Crippen MR) is 120 cm³/mol. The molecule has 0 bridgehead atoms. The molecule has 2 heterocycles. The van der Waals surface area contributed by atoms with Crippen molar-refractivity contribution in [2.24, 2.45) is 0 Å². The average molecular weight is 421 g/mol. The van der Waals surface area contributed by atoms with Gasteiger partial charge in [-0.25, -0.2) is 0 Å². The number of anilines is 1. The largest absolute Gasteiger partial charge is 0.480 e. The van der Waals surface area contributed by atoms with Gasteiger partial charge in [-0.2, -0.15) is 0 Å². The minimum atomic E-state index is -0.957. The highest BCUT2D eigenvalue weighted by Crippen LogP contribution is 2.32. The van der Waals surface area contributed by atoms with Crippen molar-refractivity contribution in [3.63, 3.8) is 0 Å². The number of carboxylic acids is 2. The number of aromatic nitrogens is 1. The fourth-order valence-corrected chi connectivity index (χ4v) is 4.64. The number of hydrogen-bond acceptors (Lipinski definition) is 4. The summed E-state index contributed by atoms with van der Waals surface area (Å²) in [6.45, 7) is 6.68. The first-order valence-electron chi connectivity index (χ1n) is 10.4. The first kappa shape index (κ1) is 20.9. The van der Waals surface area contributed by atoms with Gasteiger partial charge in [-0.3, -0.25) is 14.5 Å². The van der Waals surface area contributed by atoms with E-state index in [4.69, 9.17) is 0 Å². The monoisotopic (exact) mass is 421 g/mol. The summed E-state index contributed by atoms with van der Waals surface area (Å²) >= 11 is 0. The van der Waals surface area contributed by atoms with Gasteiger partial charge in [-0.15, -0.1) is 0 Å². The molecule has 0 unspecified atom stereocenters. The van der Waals surface area contributed by atoms with Crippen LogP contribution in [0.25, 0.3) is 10.9 Å². The Kier molecular flexibility index (Phi) is 5.69. The lowest BCUT2D eigenvalue weighted by Crippen LogP contribution is -2.49. The van der Waals surface area contributed by atoms with Gasteiger partial charge in [-0.05, 0) is 31.5 Å². The van der Waals surface area contributed by atoms with Gasteiger partial charge in [-0.1, -0.05) is 35.9 Å². The van der Waals surface area contributed by atoms with Crippen LogP contribution in [-0.2, 0) is 16.1 Å². The third kappa shape index (κ3) is 4.14. The van der Waals surface area contributed by atoms with Gasteiger partial charge in [0.05, 0.1) is 0 Å². The van der Waals surface area contributed by atoms with Crippen molar-refractivity contribution in [2.45, 2.75) is 26.4 Å². The molecule has 0 aliphatic carbocycles. The van der Waals surface area contributed by atoms with Crippen LogP contribution in [0.4, 0.5) is 5.69 Å². The molecule has 0 spiro atoms. The van der Waals surface area contributed by atoms with E-state index in [1.165, 1.54) is 16.8 Å². The Balaban J connectivity index is 1.61. The Morgan fingerprint density at radius 1 is 1.00 bits per heavy atom. The smallest absolute Gasteiger partial charge is 0.325 e. The van der Waals surface area contributed by atoms with Crippen LogP contribution in [0.15, 0.2) is 48.7 Å². The number of fused-ring (bicyclic) bond motifs is 1. The average Bonchev–Trinajstić information content (AvgIpc) is 3.06. The predicted octanol–water partition coefficient (Wildman–Crippen LogP) is 3.29. The normalized spacial score (nSPS) is 15.9. The molecule has 2 N–H and O–H groups in total. The van der Waals surface area contributed by atoms with Crippen LogP contribution < -0.4 is 4.90 Å². The second-order valence-corrected chi connectivity index (χ2v) is 8.18. The van der Waals surface area contributed by atoms with Crippen molar-refractivity contribution < 1.29 is 19.8 Å². The van der Waals surface area contributed by atoms with Gasteiger partial charge < -0.3 is 19.7 Å². The van der Waals surface area contributed by atoms with E-state index in [2.05, 4.69) is 36.9 Å². The molecule has 1 aromatic heterocycles. The van der Waals surface area contributed by atoms with E-state index in [0.717, 1.165) is 24.0 Å². The molecule has 1 fully saturated rings. The van der Waals surface area contributed by atoms with Crippen molar-refractivity contribution in [1.29, 1.82) is 0 Å². The molecule has 3 aromatic rings. The molecule has 7 heteroatoms. The molecule has 0 amide bonds. The fourth-order valence-electron chi connectivity index (χ4n) is 4.64. The maximum atomic E-state index is 12.3. The lowest BCUT2D eigenvalue weighted by Gasteiger charge is -2.39. The molecule has 1 aliphatic heterocycles. The topological polar surface area (TPSA) is 86.0 Å². The minimum Gasteiger partial charge on any atom is -0.480 e. The maximum Gasteiger partial charge on any atom is 0.325 e. The van der Waals surface area contributed by atoms with Crippen LogP contribution in [0, 0.1) is 13.8 Å². The molecule has 2 aromatic carbocycles. The van der Waals surface area contributed by atoms with Crippen LogP contribution in [0.5, 0.6) is 0 Å². The SMILES string of the molecule is Cc1ccc(N2CCN([C@H](C(=O)O)c3cn(CC(=O)O)c4ccccc34)CC2)c(C)c1. The zero-order valence-corrected chi connectivity index (χ0v) is 17.8. The van der Waals surface area contributed by atoms with Gasteiger partial charge in [0.1, 0.15) is 12.6 Å². The summed E-state index contributed by atoms with van der Waals surface area (Å²) in [7, 11) is 0. The molecular weight excluding hydrogens is 394 g/mol. The summed E-state index contributed by atoms with van der Waals surface area (Å²) in [5, 5.41) is 20.1. The number of aliphatic carboxylic acids is 2. The summed E-state index contributed by atoms with van der Waals surface area (Å²) in [5.41, 5.74) is 5.02. The molecule has 162 valence electrons.